The van der Waals surface area contributed by atoms with E-state index < -0.39 is 12.6 Å². The highest BCUT2D eigenvalue weighted by atomic mass is 32.2. The lowest BCUT2D eigenvalue weighted by Gasteiger charge is -2.24. The molecule has 0 saturated carbocycles. The Kier molecular flexibility index (Phi) is 7.52. The minimum Gasteiger partial charge on any atom is -0.493 e. The Labute approximate surface area is 207 Å². The van der Waals surface area contributed by atoms with Crippen molar-refractivity contribution in [3.63, 3.8) is 0 Å². The van der Waals surface area contributed by atoms with Crippen molar-refractivity contribution in [2.45, 2.75) is 13.0 Å². The summed E-state index contributed by atoms with van der Waals surface area (Å²) in [6, 6.07) is 24.2. The molecule has 1 heterocycles. The SMILES string of the molecule is COc1cc(/C=C2/SC(=Nc3ccccc3)N([C@H](C)c3ccccc3)C2=O)ccc1OCC(=O)O. The third-order valence-corrected chi connectivity index (χ3v) is 6.31. The third kappa shape index (κ3) is 5.73. The quantitative estimate of drug-likeness (QED) is 0.420. The van der Waals surface area contributed by atoms with Crippen LogP contribution < -0.4 is 9.47 Å². The number of carboxylic acids is 1. The standard InChI is InChI=1S/C27H24N2O5S/c1-18(20-9-5-3-6-10-20)29-26(32)24(35-27(29)28-21-11-7-4-8-12-21)16-19-13-14-22(23(15-19)33-2)34-17-25(30)31/h3-16,18H,17H2,1-2H3,(H,30,31)/b24-16+,28-27?/t18-/m1/s1. The summed E-state index contributed by atoms with van der Waals surface area (Å²) < 4.78 is 10.6. The molecule has 0 aliphatic carbocycles. The van der Waals surface area contributed by atoms with Gasteiger partial charge in [0.25, 0.3) is 5.91 Å². The lowest BCUT2D eigenvalue weighted by atomic mass is 10.1. The fourth-order valence-corrected chi connectivity index (χ4v) is 4.65. The van der Waals surface area contributed by atoms with E-state index in [1.165, 1.54) is 18.9 Å². The maximum Gasteiger partial charge on any atom is 0.341 e. The summed E-state index contributed by atoms with van der Waals surface area (Å²) in [6.07, 6.45) is 1.77. The number of aliphatic imine (C=N–C) groups is 1. The molecule has 0 unspecified atom stereocenters. The summed E-state index contributed by atoms with van der Waals surface area (Å²) in [6.45, 7) is 1.51. The Morgan fingerprint density at radius 1 is 1.06 bits per heavy atom. The number of aliphatic carboxylic acids is 1. The predicted molar refractivity (Wildman–Crippen MR) is 137 cm³/mol. The van der Waals surface area contributed by atoms with Gasteiger partial charge in [-0.15, -0.1) is 0 Å². The van der Waals surface area contributed by atoms with Crippen LogP contribution in [0, 0.1) is 0 Å². The van der Waals surface area contributed by atoms with Crippen molar-refractivity contribution in [3.8, 4) is 11.5 Å². The number of carbonyl (C=O) groups excluding carboxylic acids is 1. The average molecular weight is 489 g/mol. The number of ether oxygens (including phenoxy) is 2. The maximum absolute atomic E-state index is 13.6. The maximum atomic E-state index is 13.6. The Morgan fingerprint density at radius 2 is 1.74 bits per heavy atom. The lowest BCUT2D eigenvalue weighted by Crippen LogP contribution is -2.32. The summed E-state index contributed by atoms with van der Waals surface area (Å²) in [4.78, 5) is 31.4. The highest BCUT2D eigenvalue weighted by Gasteiger charge is 2.37. The van der Waals surface area contributed by atoms with Gasteiger partial charge in [-0.2, -0.15) is 0 Å². The molecule has 7 nitrogen and oxygen atoms in total. The number of thioether (sulfide) groups is 1. The van der Waals surface area contributed by atoms with E-state index in [9.17, 15) is 9.59 Å². The molecule has 0 bridgehead atoms. The smallest absolute Gasteiger partial charge is 0.341 e. The zero-order valence-corrected chi connectivity index (χ0v) is 20.1. The van der Waals surface area contributed by atoms with E-state index in [1.807, 2.05) is 67.6 Å². The molecule has 1 amide bonds. The molecule has 1 fully saturated rings. The van der Waals surface area contributed by atoms with Crippen LogP contribution in [0.4, 0.5) is 5.69 Å². The number of benzene rings is 3. The first-order valence-corrected chi connectivity index (χ1v) is 11.7. The second kappa shape index (κ2) is 10.9. The Balaban J connectivity index is 1.69. The van der Waals surface area contributed by atoms with Gasteiger partial charge in [-0.3, -0.25) is 9.69 Å². The molecule has 0 aromatic heterocycles. The average Bonchev–Trinajstić information content (AvgIpc) is 3.17. The van der Waals surface area contributed by atoms with E-state index >= 15 is 0 Å². The molecule has 0 spiro atoms. The molecule has 3 aromatic carbocycles. The number of carboxylic acid groups (broad SMARTS) is 1. The van der Waals surface area contributed by atoms with Crippen molar-refractivity contribution in [1.82, 2.24) is 4.90 Å². The number of methoxy groups -OCH3 is 1. The first-order chi connectivity index (χ1) is 17.0. The van der Waals surface area contributed by atoms with Gasteiger partial charge >= 0.3 is 5.97 Å². The predicted octanol–water partition coefficient (Wildman–Crippen LogP) is 5.52. The topological polar surface area (TPSA) is 88.4 Å². The number of amidine groups is 1. The summed E-state index contributed by atoms with van der Waals surface area (Å²) in [5.41, 5.74) is 2.48. The molecule has 0 radical (unpaired) electrons. The second-order valence-corrected chi connectivity index (χ2v) is 8.70. The van der Waals surface area contributed by atoms with Crippen molar-refractivity contribution >= 4 is 40.6 Å². The minimum absolute atomic E-state index is 0.147. The highest BCUT2D eigenvalue weighted by molar-refractivity contribution is 8.18. The molecular weight excluding hydrogens is 464 g/mol. The van der Waals surface area contributed by atoms with E-state index in [1.54, 1.807) is 29.2 Å². The zero-order chi connectivity index (χ0) is 24.8. The Hall–Kier alpha value is -4.04. The van der Waals surface area contributed by atoms with Gasteiger partial charge in [-0.05, 0) is 60.2 Å². The van der Waals surface area contributed by atoms with Crippen LogP contribution in [0.25, 0.3) is 6.08 Å². The van der Waals surface area contributed by atoms with Gasteiger partial charge in [-0.1, -0.05) is 54.6 Å². The molecule has 1 saturated heterocycles. The van der Waals surface area contributed by atoms with Crippen molar-refractivity contribution in [1.29, 1.82) is 0 Å². The van der Waals surface area contributed by atoms with Crippen LogP contribution in [0.5, 0.6) is 11.5 Å². The van der Waals surface area contributed by atoms with Crippen molar-refractivity contribution in [3.05, 3.63) is 94.9 Å². The molecular formula is C27H24N2O5S. The summed E-state index contributed by atoms with van der Waals surface area (Å²) in [5, 5.41) is 9.46. The van der Waals surface area contributed by atoms with Gasteiger partial charge in [0.05, 0.1) is 23.7 Å². The first-order valence-electron chi connectivity index (χ1n) is 10.9. The summed E-state index contributed by atoms with van der Waals surface area (Å²) in [7, 11) is 1.48. The number of carbonyl (C=O) groups is 2. The van der Waals surface area contributed by atoms with Crippen molar-refractivity contribution < 1.29 is 24.2 Å². The fourth-order valence-electron chi connectivity index (χ4n) is 3.58. The van der Waals surface area contributed by atoms with Gasteiger partial charge in [0, 0.05) is 0 Å². The van der Waals surface area contributed by atoms with Crippen LogP contribution in [0.1, 0.15) is 24.1 Å². The lowest BCUT2D eigenvalue weighted by molar-refractivity contribution is -0.139. The van der Waals surface area contributed by atoms with E-state index in [0.29, 0.717) is 27.1 Å². The van der Waals surface area contributed by atoms with Crippen LogP contribution in [-0.4, -0.2) is 40.8 Å². The molecule has 1 atom stereocenters. The van der Waals surface area contributed by atoms with E-state index in [0.717, 1.165) is 11.3 Å². The third-order valence-electron chi connectivity index (χ3n) is 5.32. The number of hydrogen-bond donors (Lipinski definition) is 1. The van der Waals surface area contributed by atoms with Crippen LogP contribution in [0.2, 0.25) is 0 Å². The van der Waals surface area contributed by atoms with Crippen molar-refractivity contribution in [2.24, 2.45) is 4.99 Å². The largest absolute Gasteiger partial charge is 0.493 e. The number of para-hydroxylation sites is 1. The molecule has 4 rings (SSSR count). The van der Waals surface area contributed by atoms with E-state index in [4.69, 9.17) is 19.6 Å². The van der Waals surface area contributed by atoms with Crippen LogP contribution in [-0.2, 0) is 9.59 Å². The molecule has 178 valence electrons. The first kappa shape index (κ1) is 24.1. The molecule has 35 heavy (non-hydrogen) atoms. The fraction of sp³-hybridized carbons (Fsp3) is 0.148. The number of amides is 1. The second-order valence-electron chi connectivity index (χ2n) is 7.70. The number of hydrogen-bond acceptors (Lipinski definition) is 6. The van der Waals surface area contributed by atoms with E-state index in [-0.39, 0.29) is 11.9 Å². The van der Waals surface area contributed by atoms with Gasteiger partial charge in [0.1, 0.15) is 0 Å². The number of nitrogens with zero attached hydrogens (tertiary/aromatic N) is 2. The van der Waals surface area contributed by atoms with Crippen LogP contribution in [0.3, 0.4) is 0 Å². The molecule has 8 heteroatoms. The summed E-state index contributed by atoms with van der Waals surface area (Å²) >= 11 is 1.31. The van der Waals surface area contributed by atoms with E-state index in [2.05, 4.69) is 0 Å². The van der Waals surface area contributed by atoms with Gasteiger partial charge in [-0.25, -0.2) is 9.79 Å². The minimum atomic E-state index is -1.08. The van der Waals surface area contributed by atoms with Gasteiger partial charge < -0.3 is 14.6 Å². The monoisotopic (exact) mass is 488 g/mol. The molecule has 1 N–H and O–H groups in total. The van der Waals surface area contributed by atoms with Gasteiger partial charge in [0.2, 0.25) is 0 Å². The zero-order valence-electron chi connectivity index (χ0n) is 19.3. The summed E-state index contributed by atoms with van der Waals surface area (Å²) in [5.74, 6) is -0.535. The molecule has 1 aliphatic heterocycles. The normalized spacial score (nSPS) is 16.5. The van der Waals surface area contributed by atoms with Crippen molar-refractivity contribution in [2.75, 3.05) is 13.7 Å². The molecule has 3 aromatic rings. The highest BCUT2D eigenvalue weighted by Crippen LogP contribution is 2.40. The van der Waals surface area contributed by atoms with Crippen LogP contribution >= 0.6 is 11.8 Å². The molecule has 1 aliphatic rings. The van der Waals surface area contributed by atoms with Gasteiger partial charge in [0.15, 0.2) is 23.3 Å². The number of rotatable bonds is 8. The van der Waals surface area contributed by atoms with Crippen LogP contribution in [0.15, 0.2) is 88.8 Å². The Bertz CT molecular complexity index is 1280. The Morgan fingerprint density at radius 3 is 2.40 bits per heavy atom.